The van der Waals surface area contributed by atoms with Crippen LogP contribution < -0.4 is 0 Å². The van der Waals surface area contributed by atoms with Crippen LogP contribution in [0.5, 0.6) is 0 Å². The van der Waals surface area contributed by atoms with E-state index in [2.05, 4.69) is 44.0 Å². The number of nitrogens with zero attached hydrogens (tertiary/aromatic N) is 1. The maximum atomic E-state index is 2.77. The number of hydrogen-bond acceptors (Lipinski definition) is 1. The lowest BCUT2D eigenvalue weighted by molar-refractivity contribution is 0.431. The summed E-state index contributed by atoms with van der Waals surface area (Å²) in [7, 11) is -0.749. The SMILES string of the molecule is CCC=C[SiH](CCC)N(CCC)CCC. The highest BCUT2D eigenvalue weighted by molar-refractivity contribution is 6.61. The molecule has 1 nitrogen and oxygen atoms in total. The first-order chi connectivity index (χ1) is 7.29. The molecule has 0 aliphatic carbocycles. The van der Waals surface area contributed by atoms with Crippen LogP contribution in [0.3, 0.4) is 0 Å². The van der Waals surface area contributed by atoms with Crippen LogP contribution >= 0.6 is 0 Å². The largest absolute Gasteiger partial charge is 0.323 e. The molecule has 0 amide bonds. The molecule has 0 aliphatic rings. The summed E-state index contributed by atoms with van der Waals surface area (Å²) in [6.45, 7) is 11.7. The first-order valence-corrected chi connectivity index (χ1v) is 8.70. The second kappa shape index (κ2) is 10.4. The molecule has 0 rings (SSSR count). The van der Waals surface area contributed by atoms with Crippen molar-refractivity contribution in [1.29, 1.82) is 0 Å². The summed E-state index contributed by atoms with van der Waals surface area (Å²) >= 11 is 0. The van der Waals surface area contributed by atoms with Crippen molar-refractivity contribution in [3.63, 3.8) is 0 Å². The van der Waals surface area contributed by atoms with Crippen LogP contribution in [0.25, 0.3) is 0 Å². The van der Waals surface area contributed by atoms with E-state index >= 15 is 0 Å². The average Bonchev–Trinajstić information content (AvgIpc) is 2.24. The van der Waals surface area contributed by atoms with Crippen molar-refractivity contribution < 1.29 is 0 Å². The Bertz CT molecular complexity index is 151. The molecule has 2 heteroatoms. The fraction of sp³-hybridized carbons (Fsp3) is 0.846. The summed E-state index contributed by atoms with van der Waals surface area (Å²) in [5.41, 5.74) is 2.55. The zero-order valence-electron chi connectivity index (χ0n) is 11.1. The Morgan fingerprint density at radius 1 is 0.933 bits per heavy atom. The molecule has 0 bridgehead atoms. The second-order valence-corrected chi connectivity index (χ2v) is 7.06. The Kier molecular flexibility index (Phi) is 10.4. The molecule has 0 aliphatic heterocycles. The van der Waals surface area contributed by atoms with Crippen LogP contribution in [-0.4, -0.2) is 26.6 Å². The molecule has 0 aromatic heterocycles. The summed E-state index contributed by atoms with van der Waals surface area (Å²) in [6, 6.07) is 1.44. The van der Waals surface area contributed by atoms with Crippen LogP contribution in [0.2, 0.25) is 6.04 Å². The van der Waals surface area contributed by atoms with Gasteiger partial charge < -0.3 is 4.57 Å². The van der Waals surface area contributed by atoms with E-state index in [0.29, 0.717) is 0 Å². The van der Waals surface area contributed by atoms with Crippen LogP contribution in [0.15, 0.2) is 11.8 Å². The molecule has 0 N–H and O–H groups in total. The van der Waals surface area contributed by atoms with Crippen molar-refractivity contribution in [2.24, 2.45) is 0 Å². The van der Waals surface area contributed by atoms with E-state index in [4.69, 9.17) is 0 Å². The lowest BCUT2D eigenvalue weighted by Crippen LogP contribution is -2.39. The maximum absolute atomic E-state index is 2.77. The van der Waals surface area contributed by atoms with E-state index in [-0.39, 0.29) is 0 Å². The zero-order chi connectivity index (χ0) is 11.5. The van der Waals surface area contributed by atoms with E-state index in [1.54, 1.807) is 0 Å². The predicted octanol–water partition coefficient (Wildman–Crippen LogP) is 3.75. The Labute approximate surface area is 98.2 Å². The van der Waals surface area contributed by atoms with Gasteiger partial charge in [0.2, 0.25) is 0 Å². The van der Waals surface area contributed by atoms with Gasteiger partial charge in [-0.2, -0.15) is 0 Å². The van der Waals surface area contributed by atoms with Gasteiger partial charge in [-0.3, -0.25) is 0 Å². The summed E-state index contributed by atoms with van der Waals surface area (Å²) in [5.74, 6) is 0. The molecule has 0 fully saturated rings. The van der Waals surface area contributed by atoms with E-state index in [0.717, 1.165) is 0 Å². The lowest BCUT2D eigenvalue weighted by atomic mass is 10.4. The fourth-order valence-corrected chi connectivity index (χ4v) is 5.17. The van der Waals surface area contributed by atoms with Gasteiger partial charge in [-0.1, -0.05) is 45.9 Å². The van der Waals surface area contributed by atoms with Crippen molar-refractivity contribution >= 4 is 8.96 Å². The molecule has 0 heterocycles. The van der Waals surface area contributed by atoms with Crippen molar-refractivity contribution in [1.82, 2.24) is 4.57 Å². The molecule has 0 spiro atoms. The van der Waals surface area contributed by atoms with Gasteiger partial charge in [0, 0.05) is 0 Å². The van der Waals surface area contributed by atoms with E-state index in [1.165, 1.54) is 44.8 Å². The molecule has 1 unspecified atom stereocenters. The Morgan fingerprint density at radius 3 is 1.93 bits per heavy atom. The van der Waals surface area contributed by atoms with Gasteiger partial charge in [0.05, 0.1) is 0 Å². The first-order valence-electron chi connectivity index (χ1n) is 6.70. The molecule has 1 atom stereocenters. The molecular weight excluding hydrogens is 198 g/mol. The summed E-state index contributed by atoms with van der Waals surface area (Å²) < 4.78 is 2.77. The van der Waals surface area contributed by atoms with E-state index < -0.39 is 8.96 Å². The zero-order valence-corrected chi connectivity index (χ0v) is 12.3. The third-order valence-electron chi connectivity index (χ3n) is 2.67. The predicted molar refractivity (Wildman–Crippen MR) is 73.8 cm³/mol. The van der Waals surface area contributed by atoms with Gasteiger partial charge in [0.1, 0.15) is 8.96 Å². The van der Waals surface area contributed by atoms with Crippen LogP contribution in [0.1, 0.15) is 53.4 Å². The summed E-state index contributed by atoms with van der Waals surface area (Å²) in [4.78, 5) is 0. The quantitative estimate of drug-likeness (QED) is 0.542. The molecular formula is C13H29NSi. The fourth-order valence-electron chi connectivity index (χ4n) is 2.01. The Hall–Kier alpha value is -0.0831. The molecule has 0 radical (unpaired) electrons. The first kappa shape index (κ1) is 14.9. The van der Waals surface area contributed by atoms with Gasteiger partial charge in [-0.15, -0.1) is 0 Å². The van der Waals surface area contributed by atoms with Crippen molar-refractivity contribution in [3.8, 4) is 0 Å². The average molecular weight is 227 g/mol. The lowest BCUT2D eigenvalue weighted by Gasteiger charge is -2.28. The van der Waals surface area contributed by atoms with Gasteiger partial charge in [0.25, 0.3) is 0 Å². The minimum Gasteiger partial charge on any atom is -0.323 e. The van der Waals surface area contributed by atoms with Crippen molar-refractivity contribution in [2.75, 3.05) is 13.1 Å². The monoisotopic (exact) mass is 227 g/mol. The van der Waals surface area contributed by atoms with Gasteiger partial charge in [-0.25, -0.2) is 0 Å². The number of hydrogen-bond donors (Lipinski definition) is 0. The molecule has 0 aromatic carbocycles. The Morgan fingerprint density at radius 2 is 1.53 bits per heavy atom. The van der Waals surface area contributed by atoms with E-state index in [9.17, 15) is 0 Å². The smallest absolute Gasteiger partial charge is 0.136 e. The summed E-state index contributed by atoms with van der Waals surface area (Å²) in [6.07, 6.45) is 7.51. The van der Waals surface area contributed by atoms with Crippen LogP contribution in [-0.2, 0) is 0 Å². The second-order valence-electron chi connectivity index (χ2n) is 4.23. The van der Waals surface area contributed by atoms with Crippen LogP contribution in [0, 0.1) is 0 Å². The maximum Gasteiger partial charge on any atom is 0.136 e. The van der Waals surface area contributed by atoms with E-state index in [1.807, 2.05) is 0 Å². The number of rotatable bonds is 9. The third kappa shape index (κ3) is 6.91. The molecule has 0 aromatic rings. The molecule has 0 saturated carbocycles. The molecule has 90 valence electrons. The van der Waals surface area contributed by atoms with Gasteiger partial charge in [-0.05, 0) is 38.4 Å². The molecule has 0 saturated heterocycles. The normalized spacial score (nSPS) is 13.9. The van der Waals surface area contributed by atoms with Crippen LogP contribution in [0.4, 0.5) is 0 Å². The minimum absolute atomic E-state index is 0.749. The minimum atomic E-state index is -0.749. The highest BCUT2D eigenvalue weighted by atomic mass is 28.3. The Balaban J connectivity index is 4.28. The van der Waals surface area contributed by atoms with Crippen molar-refractivity contribution in [2.45, 2.75) is 59.4 Å². The number of allylic oxidation sites excluding steroid dienone is 1. The highest BCUT2D eigenvalue weighted by Crippen LogP contribution is 2.08. The van der Waals surface area contributed by atoms with Gasteiger partial charge in [0.15, 0.2) is 0 Å². The molecule has 15 heavy (non-hydrogen) atoms. The van der Waals surface area contributed by atoms with Gasteiger partial charge >= 0.3 is 0 Å². The van der Waals surface area contributed by atoms with Crippen molar-refractivity contribution in [3.05, 3.63) is 11.8 Å². The third-order valence-corrected chi connectivity index (χ3v) is 6.01. The highest BCUT2D eigenvalue weighted by Gasteiger charge is 2.14. The topological polar surface area (TPSA) is 3.24 Å². The standard InChI is InChI=1S/C13H29NSi/c1-5-9-13-15(12-8-4)14(10-6-2)11-7-3/h9,13,15H,5-8,10-12H2,1-4H3. The summed E-state index contributed by atoms with van der Waals surface area (Å²) in [5, 5.41) is 0.